The van der Waals surface area contributed by atoms with E-state index in [9.17, 15) is 18.0 Å². The molecule has 0 saturated heterocycles. The lowest BCUT2D eigenvalue weighted by Crippen LogP contribution is -2.36. The van der Waals surface area contributed by atoms with Crippen molar-refractivity contribution in [3.63, 3.8) is 0 Å². The van der Waals surface area contributed by atoms with Crippen molar-refractivity contribution in [3.05, 3.63) is 67.5 Å². The number of benzene rings is 1. The van der Waals surface area contributed by atoms with E-state index in [2.05, 4.69) is 9.97 Å². The zero-order chi connectivity index (χ0) is 22.2. The topological polar surface area (TPSA) is 60.2 Å². The van der Waals surface area contributed by atoms with E-state index < -0.39 is 16.7 Å². The Morgan fingerprint density at radius 2 is 1.97 bits per heavy atom. The molecule has 4 rings (SSSR count). The van der Waals surface area contributed by atoms with Crippen LogP contribution in [0.5, 0.6) is 5.75 Å². The van der Waals surface area contributed by atoms with Crippen molar-refractivity contribution in [2.75, 3.05) is 18.1 Å². The van der Waals surface area contributed by atoms with E-state index in [-0.39, 0.29) is 6.54 Å². The molecule has 0 radical (unpaired) electrons. The number of alkyl halides is 3. The van der Waals surface area contributed by atoms with Crippen LogP contribution >= 0.6 is 11.3 Å². The van der Waals surface area contributed by atoms with Gasteiger partial charge in [0.05, 0.1) is 13.2 Å². The number of hydrogen-bond donors (Lipinski definition) is 0. The Labute approximate surface area is 181 Å². The van der Waals surface area contributed by atoms with E-state index in [4.69, 9.17) is 4.74 Å². The number of hydrogen-bond acceptors (Lipinski definition) is 6. The molecule has 0 saturated carbocycles. The SMILES string of the molecule is CCOc1ccc2c(c1)CCN(c1nc(C)n(Cc3ccc(C(F)(F)F)s3)c(=O)n1)C2. The Morgan fingerprint density at radius 3 is 2.65 bits per heavy atom. The maximum absolute atomic E-state index is 12.8. The van der Waals surface area contributed by atoms with Crippen molar-refractivity contribution < 1.29 is 17.9 Å². The first-order chi connectivity index (χ1) is 14.7. The fourth-order valence-corrected chi connectivity index (χ4v) is 4.43. The minimum atomic E-state index is -4.39. The summed E-state index contributed by atoms with van der Waals surface area (Å²) in [4.78, 5) is 22.9. The Hall–Kier alpha value is -2.88. The Morgan fingerprint density at radius 1 is 1.16 bits per heavy atom. The molecule has 164 valence electrons. The average Bonchev–Trinajstić information content (AvgIpc) is 3.20. The van der Waals surface area contributed by atoms with Gasteiger partial charge in [-0.05, 0) is 55.7 Å². The highest BCUT2D eigenvalue weighted by atomic mass is 32.1. The second kappa shape index (κ2) is 8.33. The number of aryl methyl sites for hydroxylation is 1. The monoisotopic (exact) mass is 450 g/mol. The molecule has 0 unspecified atom stereocenters. The second-order valence-corrected chi connectivity index (χ2v) is 8.41. The van der Waals surface area contributed by atoms with E-state index in [1.165, 1.54) is 16.2 Å². The largest absolute Gasteiger partial charge is 0.494 e. The van der Waals surface area contributed by atoms with Crippen molar-refractivity contribution in [3.8, 4) is 5.75 Å². The third-order valence-corrected chi connectivity index (χ3v) is 6.23. The minimum absolute atomic E-state index is 0.00866. The van der Waals surface area contributed by atoms with Gasteiger partial charge >= 0.3 is 11.9 Å². The third-order valence-electron chi connectivity index (χ3n) is 5.12. The highest BCUT2D eigenvalue weighted by Gasteiger charge is 2.32. The van der Waals surface area contributed by atoms with Crippen LogP contribution in [-0.4, -0.2) is 27.7 Å². The summed E-state index contributed by atoms with van der Waals surface area (Å²) in [6, 6.07) is 8.38. The van der Waals surface area contributed by atoms with Gasteiger partial charge in [-0.15, -0.1) is 11.3 Å². The number of aromatic nitrogens is 3. The standard InChI is InChI=1S/C21H21F3N4O2S/c1-3-30-16-5-4-15-11-27(9-8-14(15)10-16)19-25-13(2)28(20(29)26-19)12-17-6-7-18(31-17)21(22,23)24/h4-7,10H,3,8-9,11-12H2,1-2H3. The molecular formula is C21H21F3N4O2S. The van der Waals surface area contributed by atoms with Crippen molar-refractivity contribution in [2.24, 2.45) is 0 Å². The first kappa shape index (κ1) is 21.4. The molecule has 1 aliphatic heterocycles. The van der Waals surface area contributed by atoms with Crippen LogP contribution in [0.15, 0.2) is 35.1 Å². The maximum atomic E-state index is 12.8. The van der Waals surface area contributed by atoms with Gasteiger partial charge in [-0.2, -0.15) is 23.1 Å². The highest BCUT2D eigenvalue weighted by molar-refractivity contribution is 7.12. The van der Waals surface area contributed by atoms with Gasteiger partial charge in [0.2, 0.25) is 5.95 Å². The molecule has 0 atom stereocenters. The molecule has 3 heterocycles. The summed E-state index contributed by atoms with van der Waals surface area (Å²) < 4.78 is 45.3. The molecule has 10 heteroatoms. The van der Waals surface area contributed by atoms with Crippen LogP contribution < -0.4 is 15.3 Å². The predicted octanol–water partition coefficient (Wildman–Crippen LogP) is 4.04. The van der Waals surface area contributed by atoms with Crippen molar-refractivity contribution in [1.82, 2.24) is 14.5 Å². The lowest BCUT2D eigenvalue weighted by atomic mass is 10.00. The molecule has 0 amide bonds. The smallest absolute Gasteiger partial charge is 0.425 e. The number of nitrogens with zero attached hydrogens (tertiary/aromatic N) is 4. The lowest BCUT2D eigenvalue weighted by molar-refractivity contribution is -0.134. The zero-order valence-electron chi connectivity index (χ0n) is 17.1. The number of rotatable bonds is 5. The van der Waals surface area contributed by atoms with E-state index in [0.29, 0.717) is 47.7 Å². The summed E-state index contributed by atoms with van der Waals surface area (Å²) in [5.41, 5.74) is 1.80. The van der Waals surface area contributed by atoms with Gasteiger partial charge < -0.3 is 9.64 Å². The van der Waals surface area contributed by atoms with Crippen LogP contribution in [0, 0.1) is 6.92 Å². The number of thiophene rings is 1. The molecule has 1 aromatic carbocycles. The first-order valence-electron chi connectivity index (χ1n) is 9.85. The van der Waals surface area contributed by atoms with E-state index in [1.54, 1.807) is 6.92 Å². The summed E-state index contributed by atoms with van der Waals surface area (Å²) in [5, 5.41) is 0. The fourth-order valence-electron chi connectivity index (χ4n) is 3.57. The lowest BCUT2D eigenvalue weighted by Gasteiger charge is -2.29. The van der Waals surface area contributed by atoms with Gasteiger partial charge in [0.25, 0.3) is 0 Å². The van der Waals surface area contributed by atoms with Crippen LogP contribution in [0.25, 0.3) is 0 Å². The van der Waals surface area contributed by atoms with Crippen LogP contribution in [-0.2, 0) is 25.7 Å². The maximum Gasteiger partial charge on any atom is 0.425 e. The number of ether oxygens (including phenoxy) is 1. The van der Waals surface area contributed by atoms with E-state index in [1.807, 2.05) is 30.0 Å². The normalized spacial score (nSPS) is 13.9. The van der Waals surface area contributed by atoms with Crippen molar-refractivity contribution in [2.45, 2.75) is 39.5 Å². The highest BCUT2D eigenvalue weighted by Crippen LogP contribution is 2.34. The van der Waals surface area contributed by atoms with E-state index in [0.717, 1.165) is 23.8 Å². The fraction of sp³-hybridized carbons (Fsp3) is 0.381. The first-order valence-corrected chi connectivity index (χ1v) is 10.7. The quantitative estimate of drug-likeness (QED) is 0.587. The molecule has 0 N–H and O–H groups in total. The minimum Gasteiger partial charge on any atom is -0.494 e. The molecule has 6 nitrogen and oxygen atoms in total. The van der Waals surface area contributed by atoms with Crippen LogP contribution in [0.3, 0.4) is 0 Å². The molecule has 3 aromatic rings. The second-order valence-electron chi connectivity index (χ2n) is 7.24. The van der Waals surface area contributed by atoms with Crippen molar-refractivity contribution >= 4 is 17.3 Å². The summed E-state index contributed by atoms with van der Waals surface area (Å²) in [5.74, 6) is 1.58. The van der Waals surface area contributed by atoms with Gasteiger partial charge in [0, 0.05) is 18.0 Å². The van der Waals surface area contributed by atoms with Gasteiger partial charge in [-0.25, -0.2) is 4.79 Å². The molecule has 2 aromatic heterocycles. The molecule has 0 spiro atoms. The molecule has 0 fully saturated rings. The zero-order valence-corrected chi connectivity index (χ0v) is 17.9. The predicted molar refractivity (Wildman–Crippen MR) is 112 cm³/mol. The van der Waals surface area contributed by atoms with Crippen LogP contribution in [0.2, 0.25) is 0 Å². The van der Waals surface area contributed by atoms with Crippen LogP contribution in [0.4, 0.5) is 19.1 Å². The Kier molecular flexibility index (Phi) is 5.74. The third kappa shape index (κ3) is 4.58. The molecule has 31 heavy (non-hydrogen) atoms. The summed E-state index contributed by atoms with van der Waals surface area (Å²) >= 11 is 0.620. The van der Waals surface area contributed by atoms with Crippen molar-refractivity contribution in [1.29, 1.82) is 0 Å². The molecule has 0 bridgehead atoms. The molecule has 1 aliphatic rings. The summed E-state index contributed by atoms with van der Waals surface area (Å²) in [6.45, 7) is 5.45. The van der Waals surface area contributed by atoms with Gasteiger partial charge in [-0.3, -0.25) is 4.57 Å². The molecule has 0 aliphatic carbocycles. The Balaban J connectivity index is 1.53. The van der Waals surface area contributed by atoms with Gasteiger partial charge in [0.15, 0.2) is 0 Å². The number of halogens is 3. The summed E-state index contributed by atoms with van der Waals surface area (Å²) in [7, 11) is 0. The Bertz CT molecular complexity index is 1160. The molecular weight excluding hydrogens is 429 g/mol. The van der Waals surface area contributed by atoms with Crippen LogP contribution in [0.1, 0.15) is 33.6 Å². The average molecular weight is 450 g/mol. The number of fused-ring (bicyclic) bond motifs is 1. The van der Waals surface area contributed by atoms with Gasteiger partial charge in [-0.1, -0.05) is 6.07 Å². The van der Waals surface area contributed by atoms with Gasteiger partial charge in [0.1, 0.15) is 16.5 Å². The summed E-state index contributed by atoms with van der Waals surface area (Å²) in [6.07, 6.45) is -3.62. The number of anilines is 1. The van der Waals surface area contributed by atoms with E-state index >= 15 is 0 Å².